The summed E-state index contributed by atoms with van der Waals surface area (Å²) < 4.78 is 34.6. The molecular weight excluding hydrogens is 454 g/mol. The fraction of sp³-hybridized carbons (Fsp3) is 0.500. The van der Waals surface area contributed by atoms with Crippen molar-refractivity contribution in [2.24, 2.45) is 5.92 Å². The van der Waals surface area contributed by atoms with E-state index in [0.29, 0.717) is 42.6 Å². The standard InChI is InChI=1S/C22H26ClN3O5S/c1-32(28,29)19-7-6-15(11-17(19)23)16(10-14-4-2-3-5-14)21(27)26-20-13-24-18(12-25-20)22-30-8-9-31-22/h6-7,11-14,16,22H,2-5,8-10H2,1H3,(H,25,26,27). The molecule has 0 bridgehead atoms. The number of hydrogen-bond acceptors (Lipinski definition) is 7. The first-order valence-electron chi connectivity index (χ1n) is 10.7. The summed E-state index contributed by atoms with van der Waals surface area (Å²) in [6, 6.07) is 4.73. The van der Waals surface area contributed by atoms with Gasteiger partial charge in [-0.3, -0.25) is 9.78 Å². The van der Waals surface area contributed by atoms with Gasteiger partial charge in [0.15, 0.2) is 15.7 Å². The molecule has 1 saturated carbocycles. The molecule has 1 unspecified atom stereocenters. The topological polar surface area (TPSA) is 107 Å². The Balaban J connectivity index is 1.54. The predicted molar refractivity (Wildman–Crippen MR) is 119 cm³/mol. The van der Waals surface area contributed by atoms with Gasteiger partial charge in [0.1, 0.15) is 5.69 Å². The van der Waals surface area contributed by atoms with Gasteiger partial charge < -0.3 is 14.8 Å². The summed E-state index contributed by atoms with van der Waals surface area (Å²) in [6.07, 6.45) is 8.72. The fourth-order valence-electron chi connectivity index (χ4n) is 4.28. The lowest BCUT2D eigenvalue weighted by molar-refractivity contribution is -0.118. The molecule has 1 aliphatic carbocycles. The van der Waals surface area contributed by atoms with Crippen molar-refractivity contribution in [3.05, 3.63) is 46.9 Å². The van der Waals surface area contributed by atoms with Crippen molar-refractivity contribution in [2.45, 2.75) is 49.2 Å². The Bertz CT molecular complexity index is 1070. The Hall–Kier alpha value is -2.07. The molecule has 0 spiro atoms. The monoisotopic (exact) mass is 479 g/mol. The molecule has 4 rings (SSSR count). The van der Waals surface area contributed by atoms with Crippen LogP contribution in [-0.4, -0.2) is 43.8 Å². The lowest BCUT2D eigenvalue weighted by Gasteiger charge is -2.21. The van der Waals surface area contributed by atoms with Crippen LogP contribution in [0.4, 0.5) is 5.82 Å². The van der Waals surface area contributed by atoms with E-state index in [9.17, 15) is 13.2 Å². The Morgan fingerprint density at radius 2 is 1.91 bits per heavy atom. The maximum absolute atomic E-state index is 13.2. The number of sulfone groups is 1. The Kier molecular flexibility index (Phi) is 7.09. The van der Waals surface area contributed by atoms with Crippen molar-refractivity contribution in [1.82, 2.24) is 9.97 Å². The summed E-state index contributed by atoms with van der Waals surface area (Å²) >= 11 is 6.26. The van der Waals surface area contributed by atoms with Gasteiger partial charge in [-0.2, -0.15) is 0 Å². The number of ether oxygens (including phenoxy) is 2. The van der Waals surface area contributed by atoms with Crippen LogP contribution in [0.1, 0.15) is 55.6 Å². The van der Waals surface area contributed by atoms with Crippen LogP contribution in [-0.2, 0) is 24.1 Å². The van der Waals surface area contributed by atoms with Crippen molar-refractivity contribution in [2.75, 3.05) is 24.8 Å². The van der Waals surface area contributed by atoms with E-state index in [1.54, 1.807) is 12.1 Å². The van der Waals surface area contributed by atoms with E-state index < -0.39 is 22.0 Å². The number of benzene rings is 1. The lowest BCUT2D eigenvalue weighted by atomic mass is 9.87. The van der Waals surface area contributed by atoms with E-state index in [0.717, 1.165) is 31.9 Å². The van der Waals surface area contributed by atoms with E-state index >= 15 is 0 Å². The van der Waals surface area contributed by atoms with Crippen molar-refractivity contribution in [3.8, 4) is 0 Å². The smallest absolute Gasteiger partial charge is 0.233 e. The van der Waals surface area contributed by atoms with Crippen molar-refractivity contribution < 1.29 is 22.7 Å². The molecule has 1 saturated heterocycles. The van der Waals surface area contributed by atoms with Gasteiger partial charge in [0, 0.05) is 6.26 Å². The number of rotatable bonds is 7. The largest absolute Gasteiger partial charge is 0.345 e. The molecule has 2 heterocycles. The second-order valence-corrected chi connectivity index (χ2v) is 10.7. The minimum atomic E-state index is -3.45. The zero-order valence-corrected chi connectivity index (χ0v) is 19.4. The quantitative estimate of drug-likeness (QED) is 0.641. The van der Waals surface area contributed by atoms with Crippen LogP contribution in [0.5, 0.6) is 0 Å². The number of nitrogens with zero attached hydrogens (tertiary/aromatic N) is 2. The summed E-state index contributed by atoms with van der Waals surface area (Å²) in [5, 5.41) is 2.96. The molecule has 2 aromatic rings. The molecule has 172 valence electrons. The molecule has 32 heavy (non-hydrogen) atoms. The maximum Gasteiger partial charge on any atom is 0.233 e. The molecule has 2 aliphatic rings. The summed E-state index contributed by atoms with van der Waals surface area (Å²) in [5.74, 6) is 0.0546. The molecule has 10 heteroatoms. The number of nitrogens with one attached hydrogen (secondary N) is 1. The first kappa shape index (κ1) is 23.1. The molecular formula is C22H26ClN3O5S. The van der Waals surface area contributed by atoms with Crippen LogP contribution in [0.25, 0.3) is 0 Å². The second-order valence-electron chi connectivity index (χ2n) is 8.29. The van der Waals surface area contributed by atoms with E-state index in [-0.39, 0.29) is 15.8 Å². The molecule has 2 fully saturated rings. The molecule has 1 aliphatic heterocycles. The van der Waals surface area contributed by atoms with Crippen LogP contribution in [0.2, 0.25) is 5.02 Å². The molecule has 1 atom stereocenters. The highest BCUT2D eigenvalue weighted by Crippen LogP contribution is 2.36. The number of amides is 1. The minimum absolute atomic E-state index is 0.0562. The Morgan fingerprint density at radius 3 is 2.50 bits per heavy atom. The van der Waals surface area contributed by atoms with Gasteiger partial charge in [0.25, 0.3) is 0 Å². The molecule has 1 amide bonds. The number of anilines is 1. The molecule has 0 radical (unpaired) electrons. The predicted octanol–water partition coefficient (Wildman–Crippen LogP) is 3.88. The zero-order valence-electron chi connectivity index (χ0n) is 17.8. The summed E-state index contributed by atoms with van der Waals surface area (Å²) in [7, 11) is -3.45. The first-order valence-corrected chi connectivity index (χ1v) is 12.9. The van der Waals surface area contributed by atoms with Gasteiger partial charge in [-0.15, -0.1) is 0 Å². The van der Waals surface area contributed by atoms with Gasteiger partial charge in [0.2, 0.25) is 12.2 Å². The highest BCUT2D eigenvalue weighted by molar-refractivity contribution is 7.90. The average molecular weight is 480 g/mol. The maximum atomic E-state index is 13.2. The fourth-order valence-corrected chi connectivity index (χ4v) is 5.61. The average Bonchev–Trinajstić information content (AvgIpc) is 3.46. The molecule has 1 aromatic carbocycles. The second kappa shape index (κ2) is 9.82. The highest BCUT2D eigenvalue weighted by atomic mass is 35.5. The minimum Gasteiger partial charge on any atom is -0.345 e. The zero-order chi connectivity index (χ0) is 22.7. The van der Waals surface area contributed by atoms with Crippen LogP contribution in [0.15, 0.2) is 35.5 Å². The van der Waals surface area contributed by atoms with Gasteiger partial charge in [-0.25, -0.2) is 13.4 Å². The third-order valence-electron chi connectivity index (χ3n) is 5.90. The number of carbonyl (C=O) groups is 1. The molecule has 8 nitrogen and oxygen atoms in total. The third kappa shape index (κ3) is 5.46. The molecule has 1 aromatic heterocycles. The van der Waals surface area contributed by atoms with Crippen molar-refractivity contribution >= 4 is 33.2 Å². The normalized spacial score (nSPS) is 18.7. The Labute approximate surface area is 192 Å². The van der Waals surface area contributed by atoms with E-state index in [2.05, 4.69) is 15.3 Å². The van der Waals surface area contributed by atoms with Crippen molar-refractivity contribution in [1.29, 1.82) is 0 Å². The van der Waals surface area contributed by atoms with E-state index in [1.165, 1.54) is 18.5 Å². The summed E-state index contributed by atoms with van der Waals surface area (Å²) in [4.78, 5) is 21.9. The number of aromatic nitrogens is 2. The first-order chi connectivity index (χ1) is 15.3. The highest BCUT2D eigenvalue weighted by Gasteiger charge is 2.28. The molecule has 1 N–H and O–H groups in total. The van der Waals surface area contributed by atoms with Crippen LogP contribution in [0.3, 0.4) is 0 Å². The lowest BCUT2D eigenvalue weighted by Crippen LogP contribution is -2.24. The Morgan fingerprint density at radius 1 is 1.19 bits per heavy atom. The number of hydrogen-bond donors (Lipinski definition) is 1. The summed E-state index contributed by atoms with van der Waals surface area (Å²) in [5.41, 5.74) is 1.23. The van der Waals surface area contributed by atoms with Gasteiger partial charge in [-0.1, -0.05) is 43.4 Å². The third-order valence-corrected chi connectivity index (χ3v) is 7.48. The SMILES string of the molecule is CS(=O)(=O)c1ccc(C(CC2CCCC2)C(=O)Nc2cnc(C3OCCO3)cn2)cc1Cl. The van der Waals surface area contributed by atoms with Gasteiger partial charge >= 0.3 is 0 Å². The van der Waals surface area contributed by atoms with Crippen molar-refractivity contribution in [3.63, 3.8) is 0 Å². The van der Waals surface area contributed by atoms with Gasteiger partial charge in [0.05, 0.1) is 41.4 Å². The van der Waals surface area contributed by atoms with E-state index in [1.807, 2.05) is 0 Å². The number of halogens is 1. The summed E-state index contributed by atoms with van der Waals surface area (Å²) in [6.45, 7) is 1.02. The van der Waals surface area contributed by atoms with Crippen LogP contribution >= 0.6 is 11.6 Å². The van der Waals surface area contributed by atoms with Crippen LogP contribution < -0.4 is 5.32 Å². The van der Waals surface area contributed by atoms with Crippen LogP contribution in [0, 0.1) is 5.92 Å². The number of carbonyl (C=O) groups excluding carboxylic acids is 1. The van der Waals surface area contributed by atoms with Gasteiger partial charge in [-0.05, 0) is 30.0 Å². The van der Waals surface area contributed by atoms with E-state index in [4.69, 9.17) is 21.1 Å².